The van der Waals surface area contributed by atoms with Gasteiger partial charge >= 0.3 is 0 Å². The summed E-state index contributed by atoms with van der Waals surface area (Å²) in [5.74, 6) is -0.247. The number of rotatable bonds is 4. The number of carbonyl (C=O) groups excluding carboxylic acids is 1. The Morgan fingerprint density at radius 1 is 1.21 bits per heavy atom. The number of benzene rings is 1. The van der Waals surface area contributed by atoms with Crippen LogP contribution < -0.4 is 5.32 Å². The third-order valence-corrected chi connectivity index (χ3v) is 6.96. The van der Waals surface area contributed by atoms with Crippen molar-refractivity contribution in [2.75, 3.05) is 11.9 Å². The molecule has 1 amide bonds. The molecule has 1 aliphatic heterocycles. The van der Waals surface area contributed by atoms with Crippen LogP contribution in [-0.4, -0.2) is 31.2 Å². The number of anilines is 1. The molecule has 2 aromatic rings. The van der Waals surface area contributed by atoms with Crippen LogP contribution in [0.25, 0.3) is 0 Å². The zero-order chi connectivity index (χ0) is 17.2. The lowest BCUT2D eigenvalue weighted by Crippen LogP contribution is -2.41. The van der Waals surface area contributed by atoms with Crippen LogP contribution in [0.4, 0.5) is 5.69 Å². The summed E-state index contributed by atoms with van der Waals surface area (Å²) in [7, 11) is -3.50. The monoisotopic (exact) mass is 364 g/mol. The molecule has 1 fully saturated rings. The van der Waals surface area contributed by atoms with E-state index in [0.29, 0.717) is 12.1 Å². The predicted octanol–water partition coefficient (Wildman–Crippen LogP) is 3.56. The summed E-state index contributed by atoms with van der Waals surface area (Å²) in [5.41, 5.74) is 1.18. The molecular formula is C17H20N2O3S2. The third kappa shape index (κ3) is 3.53. The van der Waals surface area contributed by atoms with Gasteiger partial charge < -0.3 is 5.32 Å². The number of thiophene rings is 1. The van der Waals surface area contributed by atoms with Gasteiger partial charge in [0.05, 0.1) is 10.6 Å². The van der Waals surface area contributed by atoms with E-state index in [9.17, 15) is 13.2 Å². The number of nitrogens with one attached hydrogen (secondary N) is 1. The molecule has 0 bridgehead atoms. The van der Waals surface area contributed by atoms with Gasteiger partial charge in [-0.3, -0.25) is 4.79 Å². The van der Waals surface area contributed by atoms with E-state index in [-0.39, 0.29) is 16.8 Å². The van der Waals surface area contributed by atoms with Gasteiger partial charge in [-0.15, -0.1) is 0 Å². The maximum Gasteiger partial charge on any atom is 0.255 e. The minimum Gasteiger partial charge on any atom is -0.321 e. The van der Waals surface area contributed by atoms with Crippen molar-refractivity contribution in [3.8, 4) is 0 Å². The second kappa shape index (κ2) is 7.04. The van der Waals surface area contributed by atoms with Gasteiger partial charge in [-0.25, -0.2) is 8.42 Å². The molecule has 0 radical (unpaired) electrons. The van der Waals surface area contributed by atoms with E-state index < -0.39 is 10.0 Å². The maximum atomic E-state index is 12.8. The molecule has 1 aromatic carbocycles. The number of piperidine rings is 1. The first kappa shape index (κ1) is 17.1. The number of hydrogen-bond acceptors (Lipinski definition) is 4. The molecule has 128 valence electrons. The van der Waals surface area contributed by atoms with Crippen molar-refractivity contribution >= 4 is 33.0 Å². The van der Waals surface area contributed by atoms with Crippen molar-refractivity contribution in [2.45, 2.75) is 37.1 Å². The van der Waals surface area contributed by atoms with Crippen molar-refractivity contribution in [1.82, 2.24) is 4.31 Å². The minimum absolute atomic E-state index is 0.0188. The van der Waals surface area contributed by atoms with Gasteiger partial charge in [-0.1, -0.05) is 6.42 Å². The first-order valence-electron chi connectivity index (χ1n) is 7.94. The average Bonchev–Trinajstić information content (AvgIpc) is 3.08. The topological polar surface area (TPSA) is 66.5 Å². The van der Waals surface area contributed by atoms with Gasteiger partial charge in [0.25, 0.3) is 5.91 Å². The lowest BCUT2D eigenvalue weighted by Gasteiger charge is -2.32. The van der Waals surface area contributed by atoms with Crippen molar-refractivity contribution in [1.29, 1.82) is 0 Å². The Hall–Kier alpha value is -1.70. The molecule has 0 spiro atoms. The molecule has 24 heavy (non-hydrogen) atoms. The predicted molar refractivity (Wildman–Crippen MR) is 95.9 cm³/mol. The fourth-order valence-electron chi connectivity index (χ4n) is 2.88. The largest absolute Gasteiger partial charge is 0.321 e. The highest BCUT2D eigenvalue weighted by molar-refractivity contribution is 7.89. The summed E-state index contributed by atoms with van der Waals surface area (Å²) >= 11 is 1.50. The molecule has 1 N–H and O–H groups in total. The number of carbonyl (C=O) groups is 1. The van der Waals surface area contributed by atoms with Crippen molar-refractivity contribution in [3.05, 3.63) is 46.7 Å². The van der Waals surface area contributed by atoms with Gasteiger partial charge in [-0.2, -0.15) is 15.6 Å². The Labute approximate surface area is 146 Å². The Morgan fingerprint density at radius 3 is 2.58 bits per heavy atom. The van der Waals surface area contributed by atoms with Crippen LogP contribution in [-0.2, 0) is 10.0 Å². The SMILES string of the molecule is CC1CCCCN1S(=O)(=O)c1ccc(C(=O)Nc2ccsc2)cc1. The molecule has 1 unspecified atom stereocenters. The highest BCUT2D eigenvalue weighted by atomic mass is 32.2. The molecule has 1 atom stereocenters. The molecule has 0 saturated carbocycles. The minimum atomic E-state index is -3.50. The van der Waals surface area contributed by atoms with Gasteiger partial charge in [0.2, 0.25) is 10.0 Å². The van der Waals surface area contributed by atoms with Crippen LogP contribution in [0.2, 0.25) is 0 Å². The van der Waals surface area contributed by atoms with Gasteiger partial charge in [0, 0.05) is 23.5 Å². The van der Waals surface area contributed by atoms with Crippen LogP contribution in [0.3, 0.4) is 0 Å². The molecule has 1 saturated heterocycles. The van der Waals surface area contributed by atoms with Crippen LogP contribution in [0, 0.1) is 0 Å². The number of hydrogen-bond donors (Lipinski definition) is 1. The Kier molecular flexibility index (Phi) is 5.03. The molecular weight excluding hydrogens is 344 g/mol. The van der Waals surface area contributed by atoms with Crippen molar-refractivity contribution < 1.29 is 13.2 Å². The second-order valence-corrected chi connectivity index (χ2v) is 8.62. The van der Waals surface area contributed by atoms with Crippen LogP contribution in [0.15, 0.2) is 46.0 Å². The molecule has 5 nitrogen and oxygen atoms in total. The second-order valence-electron chi connectivity index (χ2n) is 5.95. The van der Waals surface area contributed by atoms with Gasteiger partial charge in [-0.05, 0) is 55.5 Å². The van der Waals surface area contributed by atoms with E-state index in [1.54, 1.807) is 16.4 Å². The highest BCUT2D eigenvalue weighted by Crippen LogP contribution is 2.25. The van der Waals surface area contributed by atoms with E-state index in [2.05, 4.69) is 5.32 Å². The smallest absolute Gasteiger partial charge is 0.255 e. The normalized spacial score (nSPS) is 19.1. The fourth-order valence-corrected chi connectivity index (χ4v) is 5.17. The number of sulfonamides is 1. The summed E-state index contributed by atoms with van der Waals surface area (Å²) in [6, 6.07) is 7.98. The average molecular weight is 364 g/mol. The van der Waals surface area contributed by atoms with E-state index in [4.69, 9.17) is 0 Å². The molecule has 3 rings (SSSR count). The molecule has 1 aliphatic rings. The zero-order valence-corrected chi connectivity index (χ0v) is 15.1. The Bertz CT molecular complexity index is 799. The Balaban J connectivity index is 1.77. The van der Waals surface area contributed by atoms with Crippen molar-refractivity contribution in [3.63, 3.8) is 0 Å². The quantitative estimate of drug-likeness (QED) is 0.902. The van der Waals surface area contributed by atoms with Crippen molar-refractivity contribution in [2.24, 2.45) is 0 Å². The zero-order valence-electron chi connectivity index (χ0n) is 13.4. The number of nitrogens with zero attached hydrogens (tertiary/aromatic N) is 1. The number of amides is 1. The lowest BCUT2D eigenvalue weighted by molar-refractivity contribution is 0.102. The molecule has 2 heterocycles. The van der Waals surface area contributed by atoms with Crippen LogP contribution in [0.1, 0.15) is 36.5 Å². The van der Waals surface area contributed by atoms with Gasteiger partial charge in [0.1, 0.15) is 0 Å². The van der Waals surface area contributed by atoms with E-state index in [1.165, 1.54) is 23.5 Å². The fraction of sp³-hybridized carbons (Fsp3) is 0.353. The first-order valence-corrected chi connectivity index (χ1v) is 10.3. The summed E-state index contributed by atoms with van der Waals surface area (Å²) in [5, 5.41) is 6.50. The van der Waals surface area contributed by atoms with Crippen LogP contribution in [0.5, 0.6) is 0 Å². The van der Waals surface area contributed by atoms with E-state index >= 15 is 0 Å². The first-order chi connectivity index (χ1) is 11.5. The third-order valence-electron chi connectivity index (χ3n) is 4.24. The highest BCUT2D eigenvalue weighted by Gasteiger charge is 2.30. The molecule has 1 aromatic heterocycles. The van der Waals surface area contributed by atoms with Crippen LogP contribution >= 0.6 is 11.3 Å². The van der Waals surface area contributed by atoms with Gasteiger partial charge in [0.15, 0.2) is 0 Å². The van der Waals surface area contributed by atoms with E-state index in [0.717, 1.165) is 24.9 Å². The lowest BCUT2D eigenvalue weighted by atomic mass is 10.1. The summed E-state index contributed by atoms with van der Waals surface area (Å²) in [6.45, 7) is 2.50. The molecule has 0 aliphatic carbocycles. The summed E-state index contributed by atoms with van der Waals surface area (Å²) in [4.78, 5) is 12.4. The summed E-state index contributed by atoms with van der Waals surface area (Å²) in [6.07, 6.45) is 2.85. The Morgan fingerprint density at radius 2 is 1.96 bits per heavy atom. The van der Waals surface area contributed by atoms with E-state index in [1.807, 2.05) is 23.8 Å². The standard InChI is InChI=1S/C17H20N2O3S2/c1-13-4-2-3-10-19(13)24(21,22)16-7-5-14(6-8-16)17(20)18-15-9-11-23-12-15/h5-9,11-13H,2-4,10H2,1H3,(H,18,20). The maximum absolute atomic E-state index is 12.8. The molecule has 7 heteroatoms. The summed E-state index contributed by atoms with van der Waals surface area (Å²) < 4.78 is 27.1.